The average molecular weight is 1070 g/mol. The third kappa shape index (κ3) is 8.36. The summed E-state index contributed by atoms with van der Waals surface area (Å²) in [5.41, 5.74) is 16.1. The number of benzene rings is 7. The Morgan fingerprint density at radius 2 is 1.17 bits per heavy atom. The average Bonchev–Trinajstić information content (AvgIpc) is 3.88. The molecular weight excluding hydrogens is 1010 g/mol. The molecule has 0 atom stereocenters. The van der Waals surface area contributed by atoms with Crippen LogP contribution in [-0.4, -0.2) is 33.3 Å². The molecule has 2 aliphatic heterocycles. The molecule has 0 fully saturated rings. The molecule has 0 radical (unpaired) electrons. The molecule has 1 aliphatic carbocycles. The van der Waals surface area contributed by atoms with Gasteiger partial charge in [0.05, 0.1) is 33.5 Å². The van der Waals surface area contributed by atoms with Crippen LogP contribution < -0.4 is 9.80 Å². The molecule has 72 heavy (non-hydrogen) atoms. The monoisotopic (exact) mass is 1070 g/mol. The van der Waals surface area contributed by atoms with Gasteiger partial charge in [0.1, 0.15) is 6.54 Å². The summed E-state index contributed by atoms with van der Waals surface area (Å²) in [6.45, 7) is 16.1. The Morgan fingerprint density at radius 3 is 1.81 bits per heavy atom. The fourth-order valence-corrected chi connectivity index (χ4v) is 12.6. The number of allylic oxidation sites excluding steroid dienone is 7. The van der Waals surface area contributed by atoms with Crippen molar-refractivity contribution in [1.82, 2.24) is 9.97 Å². The number of fused-ring (bicyclic) bond motifs is 8. The predicted molar refractivity (Wildman–Crippen MR) is 312 cm³/mol. The second-order valence-corrected chi connectivity index (χ2v) is 22.5. The van der Waals surface area contributed by atoms with E-state index >= 15 is 0 Å². The zero-order valence-corrected chi connectivity index (χ0v) is 45.5. The van der Waals surface area contributed by atoms with E-state index < -0.39 is 0 Å². The van der Waals surface area contributed by atoms with Gasteiger partial charge < -0.3 is 9.80 Å². The molecule has 1 aromatic heterocycles. The molecule has 5 nitrogen and oxygen atoms in total. The quantitative estimate of drug-likeness (QED) is 0.0803. The Morgan fingerprint density at radius 1 is 0.583 bits per heavy atom. The van der Waals surface area contributed by atoms with E-state index in [1.54, 1.807) is 0 Å². The molecule has 0 amide bonds. The van der Waals surface area contributed by atoms with Crippen LogP contribution in [0.2, 0.25) is 0 Å². The van der Waals surface area contributed by atoms with Crippen molar-refractivity contribution in [3.05, 3.63) is 213 Å². The van der Waals surface area contributed by atoms with Crippen LogP contribution in [0, 0.1) is 0 Å². The van der Waals surface area contributed by atoms with Crippen molar-refractivity contribution in [3.8, 4) is 0 Å². The number of rotatable bonds is 14. The molecule has 0 N–H and O–H groups in total. The van der Waals surface area contributed by atoms with E-state index in [1.165, 1.54) is 68.3 Å². The molecule has 0 saturated heterocycles. The molecule has 360 valence electrons. The fourth-order valence-electron chi connectivity index (χ4n) is 11.8. The summed E-state index contributed by atoms with van der Waals surface area (Å²) < 4.78 is 4.79. The van der Waals surface area contributed by atoms with Gasteiger partial charge in [-0.25, -0.2) is 9.97 Å². The van der Waals surface area contributed by atoms with Crippen molar-refractivity contribution in [1.29, 1.82) is 0 Å². The summed E-state index contributed by atoms with van der Waals surface area (Å²) >= 11 is 7.53. The van der Waals surface area contributed by atoms with Gasteiger partial charge in [-0.15, -0.1) is 0 Å². The third-order valence-corrected chi connectivity index (χ3v) is 16.2. The van der Waals surface area contributed by atoms with Crippen LogP contribution >= 0.6 is 31.9 Å². The van der Waals surface area contributed by atoms with Crippen molar-refractivity contribution in [2.24, 2.45) is 0 Å². The summed E-state index contributed by atoms with van der Waals surface area (Å²) in [7, 11) is 0. The van der Waals surface area contributed by atoms with Crippen LogP contribution in [-0.2, 0) is 10.8 Å². The van der Waals surface area contributed by atoms with Gasteiger partial charge in [-0.3, -0.25) is 0 Å². The van der Waals surface area contributed by atoms with Crippen LogP contribution in [0.1, 0.15) is 103 Å². The number of nitrogens with zero attached hydrogens (tertiary/aromatic N) is 5. The second-order valence-electron chi connectivity index (χ2n) is 20.6. The molecule has 3 heterocycles. The number of para-hydroxylation sites is 4. The SMILES string of the molecule is CCCCCN1/C(=C/C=C2C(N(c3ccccc3)c3ccccc3)=C(/C=C/C3=[N+](CCCCC)c4ccc5cc(Br)ccc5c4C3(C)C)c3nc4ccccc4nc3/2)C(C)(C)c2c1ccc1cc(Br)ccc21. The molecule has 3 aliphatic rings. The number of hydrogen-bond acceptors (Lipinski definition) is 4. The van der Waals surface area contributed by atoms with Crippen molar-refractivity contribution in [3.63, 3.8) is 0 Å². The van der Waals surface area contributed by atoms with Gasteiger partial charge in [0.25, 0.3) is 0 Å². The number of unbranched alkanes of at least 4 members (excludes halogenated alkanes) is 4. The lowest BCUT2D eigenvalue weighted by molar-refractivity contribution is -0.438. The van der Waals surface area contributed by atoms with Gasteiger partial charge in [0, 0.05) is 78.9 Å². The number of hydrogen-bond donors (Lipinski definition) is 0. The van der Waals surface area contributed by atoms with E-state index in [0.29, 0.717) is 0 Å². The Labute approximate surface area is 442 Å². The second kappa shape index (κ2) is 19.5. The lowest BCUT2D eigenvalue weighted by atomic mass is 9.79. The Bertz CT molecular complexity index is 3540. The first-order valence-corrected chi connectivity index (χ1v) is 27.5. The maximum atomic E-state index is 5.60. The lowest BCUT2D eigenvalue weighted by Gasteiger charge is -2.29. The lowest BCUT2D eigenvalue weighted by Crippen LogP contribution is -2.28. The first kappa shape index (κ1) is 47.9. The minimum atomic E-state index is -0.297. The standard InChI is InChI=1S/C65H62Br2N5/c1-7-9-19-39-70-55-35-27-43-41-45(66)29-31-49(43)59(55)64(3,4)57(70)37-33-51-61-62(69-54-26-18-17-25-53(54)68-61)52(63(51)72(47-21-13-11-14-22-47)48-23-15-12-16-24-48)34-38-58-65(5,6)60-50-32-30-46(67)42-44(50)28-36-56(60)71(58)40-20-10-8-2/h11-18,21-38,41-42H,7-10,19-20,39-40H2,1-6H3/q+1. The van der Waals surface area contributed by atoms with E-state index in [1.807, 2.05) is 0 Å². The topological polar surface area (TPSA) is 35.3 Å². The highest BCUT2D eigenvalue weighted by Crippen LogP contribution is 2.53. The molecule has 0 saturated carbocycles. The third-order valence-electron chi connectivity index (χ3n) is 15.2. The Kier molecular flexibility index (Phi) is 13.0. The minimum absolute atomic E-state index is 0.297. The summed E-state index contributed by atoms with van der Waals surface area (Å²) in [5.74, 6) is 0. The predicted octanol–water partition coefficient (Wildman–Crippen LogP) is 18.1. The Hall–Kier alpha value is -6.41. The van der Waals surface area contributed by atoms with E-state index in [-0.39, 0.29) is 10.8 Å². The molecular formula is C65H62Br2N5+. The Balaban J connectivity index is 1.18. The highest BCUT2D eigenvalue weighted by atomic mass is 79.9. The fraction of sp³-hybridized carbons (Fsp3) is 0.246. The van der Waals surface area contributed by atoms with E-state index in [2.05, 4.69) is 258 Å². The molecule has 0 bridgehead atoms. The van der Waals surface area contributed by atoms with Crippen LogP contribution in [0.15, 0.2) is 190 Å². The minimum Gasteiger partial charge on any atom is -0.344 e. The van der Waals surface area contributed by atoms with E-state index in [4.69, 9.17) is 9.97 Å². The largest absolute Gasteiger partial charge is 0.344 e. The van der Waals surface area contributed by atoms with Gasteiger partial charge in [0.2, 0.25) is 5.69 Å². The van der Waals surface area contributed by atoms with Crippen molar-refractivity contribution in [2.45, 2.75) is 90.9 Å². The van der Waals surface area contributed by atoms with Gasteiger partial charge in [0.15, 0.2) is 5.71 Å². The summed E-state index contributed by atoms with van der Waals surface area (Å²) in [5, 5.41) is 5.09. The highest BCUT2D eigenvalue weighted by molar-refractivity contribution is 9.10. The van der Waals surface area contributed by atoms with Gasteiger partial charge in [-0.1, -0.05) is 146 Å². The van der Waals surface area contributed by atoms with Crippen molar-refractivity contribution < 1.29 is 4.58 Å². The van der Waals surface area contributed by atoms with Crippen LogP contribution in [0.25, 0.3) is 43.7 Å². The molecule has 0 spiro atoms. The number of halogens is 2. The zero-order valence-electron chi connectivity index (χ0n) is 42.3. The first-order chi connectivity index (χ1) is 35.0. The van der Waals surface area contributed by atoms with Crippen LogP contribution in [0.3, 0.4) is 0 Å². The van der Waals surface area contributed by atoms with Gasteiger partial charge in [-0.2, -0.15) is 4.58 Å². The maximum Gasteiger partial charge on any atom is 0.210 e. The van der Waals surface area contributed by atoms with Crippen LogP contribution in [0.4, 0.5) is 22.7 Å². The maximum absolute atomic E-state index is 5.60. The highest BCUT2D eigenvalue weighted by Gasteiger charge is 2.46. The molecule has 11 rings (SSSR count). The molecule has 7 aromatic carbocycles. The van der Waals surface area contributed by atoms with Crippen molar-refractivity contribution in [2.75, 3.05) is 22.9 Å². The number of anilines is 3. The normalized spacial score (nSPS) is 16.9. The molecule has 0 unspecified atom stereocenters. The first-order valence-electron chi connectivity index (χ1n) is 25.9. The smallest absolute Gasteiger partial charge is 0.210 e. The summed E-state index contributed by atoms with van der Waals surface area (Å²) in [6, 6.07) is 52.7. The van der Waals surface area contributed by atoms with E-state index in [0.717, 1.165) is 98.4 Å². The van der Waals surface area contributed by atoms with Gasteiger partial charge in [-0.05, 0) is 145 Å². The van der Waals surface area contributed by atoms with Crippen molar-refractivity contribution >= 4 is 104 Å². The van der Waals surface area contributed by atoms with E-state index in [9.17, 15) is 0 Å². The summed E-state index contributed by atoms with van der Waals surface area (Å²) in [6.07, 6.45) is 16.5. The number of aromatic nitrogens is 2. The van der Waals surface area contributed by atoms with Crippen LogP contribution in [0.5, 0.6) is 0 Å². The molecule has 8 aromatic rings. The summed E-state index contributed by atoms with van der Waals surface area (Å²) in [4.78, 5) is 16.2. The molecule has 7 heteroatoms. The zero-order chi connectivity index (χ0) is 49.7. The van der Waals surface area contributed by atoms with Gasteiger partial charge >= 0.3 is 0 Å².